The third-order valence-corrected chi connectivity index (χ3v) is 0.500. The number of hydrogen-bond donors (Lipinski definition) is 1. The maximum absolute atomic E-state index is 4.66. The second-order valence-corrected chi connectivity index (χ2v) is 2.46. The van der Waals surface area contributed by atoms with Crippen molar-refractivity contribution < 1.29 is 19.5 Å². The summed E-state index contributed by atoms with van der Waals surface area (Å²) in [6.45, 7) is 4.36. The Morgan fingerprint density at radius 1 is 1.44 bits per heavy atom. The zero-order valence-corrected chi connectivity index (χ0v) is 10.6. The minimum atomic E-state index is 0. The van der Waals surface area contributed by atoms with Crippen molar-refractivity contribution >= 4 is 29.2 Å². The largest absolute Gasteiger partial charge is 2.00 e. The van der Waals surface area contributed by atoms with Gasteiger partial charge in [0.25, 0.3) is 0 Å². The Morgan fingerprint density at radius 2 is 1.56 bits per heavy atom. The van der Waals surface area contributed by atoms with E-state index in [0.717, 1.165) is 0 Å². The predicted molar refractivity (Wildman–Crippen MR) is 44.7 cm³/mol. The molecule has 0 aliphatic carbocycles. The summed E-state index contributed by atoms with van der Waals surface area (Å²) >= 11 is 8.26. The third kappa shape index (κ3) is 132. The Labute approximate surface area is 80.9 Å². The van der Waals surface area contributed by atoms with Crippen LogP contribution in [0.2, 0.25) is 0 Å². The molecule has 4 heteroatoms. The first-order valence-electron chi connectivity index (χ1n) is 2.61. The van der Waals surface area contributed by atoms with E-state index in [1.54, 1.807) is 0 Å². The van der Waals surface area contributed by atoms with Crippen LogP contribution in [0.5, 0.6) is 0 Å². The molecule has 0 aromatic heterocycles. The van der Waals surface area contributed by atoms with Crippen LogP contribution in [-0.4, -0.2) is 4.32 Å². The molecule has 0 heterocycles. The van der Waals surface area contributed by atoms with E-state index in [1.165, 1.54) is 12.8 Å². The van der Waals surface area contributed by atoms with Crippen LogP contribution < -0.4 is 5.73 Å². The zero-order chi connectivity index (χ0) is 6.99. The molecule has 0 spiro atoms. The molecule has 0 aliphatic rings. The molecule has 9 heavy (non-hydrogen) atoms. The van der Waals surface area contributed by atoms with Crippen molar-refractivity contribution in [2.45, 2.75) is 26.7 Å². The zero-order valence-electron chi connectivity index (χ0n) is 6.02. The normalized spacial score (nSPS) is 6.00. The average Bonchev–Trinajstić information content (AvgIpc) is 1.65. The molecule has 0 aromatic carbocycles. The number of rotatable bonds is 1. The van der Waals surface area contributed by atoms with E-state index in [0.29, 0.717) is 0 Å². The van der Waals surface area contributed by atoms with E-state index in [4.69, 9.17) is 0 Å². The van der Waals surface area contributed by atoms with Crippen LogP contribution in [0.15, 0.2) is 0 Å². The maximum Gasteiger partial charge on any atom is 2.00 e. The summed E-state index contributed by atoms with van der Waals surface area (Å²) < 4.78 is 0.0833. The van der Waals surface area contributed by atoms with Crippen LogP contribution in [-0.2, 0) is 32.1 Å². The van der Waals surface area contributed by atoms with E-state index >= 15 is 0 Å². The maximum atomic E-state index is 4.66. The van der Waals surface area contributed by atoms with Gasteiger partial charge in [0.2, 0.25) is 0 Å². The molecule has 50 valence electrons. The fourth-order valence-corrected chi connectivity index (χ4v) is 0. The number of hydrogen-bond acceptors (Lipinski definition) is 2. The number of nitrogens with two attached hydrogens (primary N) is 1. The molecule has 0 radical (unpaired) electrons. The molecule has 0 bridgehead atoms. The molecular formula is C5H12NS2Zn+. The van der Waals surface area contributed by atoms with Crippen molar-refractivity contribution in [3.8, 4) is 0 Å². The second-order valence-electron chi connectivity index (χ2n) is 1.32. The molecule has 0 saturated heterocycles. The van der Waals surface area contributed by atoms with Gasteiger partial charge in [0, 0.05) is 0 Å². The Kier molecular flexibility index (Phi) is 28.9. The average molecular weight is 216 g/mol. The fraction of sp³-hybridized carbons (Fsp3) is 0.800. The third-order valence-electron chi connectivity index (χ3n) is 0.500. The topological polar surface area (TPSA) is 26.0 Å². The van der Waals surface area contributed by atoms with Gasteiger partial charge >= 0.3 is 19.5 Å². The smallest absolute Gasteiger partial charge is 0.415 e. The van der Waals surface area contributed by atoms with Crippen LogP contribution in [0, 0.1) is 0 Å². The van der Waals surface area contributed by atoms with E-state index < -0.39 is 0 Å². The van der Waals surface area contributed by atoms with Gasteiger partial charge in [-0.25, -0.2) is 0 Å². The summed E-state index contributed by atoms with van der Waals surface area (Å²) in [5, 5.41) is 0. The standard InChI is InChI=1S/C4H10.CH3NS2.Zn/c1-3-4-2;2-1(3)4;/h3-4H2,1-2H3;(H3,2,3,4);/q;;+2/p-1. The van der Waals surface area contributed by atoms with Crippen molar-refractivity contribution in [1.29, 1.82) is 0 Å². The Bertz CT molecular complexity index is 52.9. The van der Waals surface area contributed by atoms with E-state index in [9.17, 15) is 0 Å². The SMILES string of the molecule is CCCC.NC(=S)[S-].[Zn+2]. The van der Waals surface area contributed by atoms with Gasteiger partial charge < -0.3 is 30.6 Å². The summed E-state index contributed by atoms with van der Waals surface area (Å²) in [6.07, 6.45) is 2.64. The predicted octanol–water partition coefficient (Wildman–Crippen LogP) is 1.58. The number of unbranched alkanes of at least 4 members (excludes halogenated alkanes) is 1. The molecule has 2 N–H and O–H groups in total. The first kappa shape index (κ1) is 16.4. The van der Waals surface area contributed by atoms with Gasteiger partial charge in [0.15, 0.2) is 0 Å². The van der Waals surface area contributed by atoms with Crippen LogP contribution in [0.25, 0.3) is 0 Å². The van der Waals surface area contributed by atoms with Crippen molar-refractivity contribution in [3.05, 3.63) is 0 Å². The fourth-order valence-electron chi connectivity index (χ4n) is 0. The van der Waals surface area contributed by atoms with E-state index in [1.807, 2.05) is 0 Å². The summed E-state index contributed by atoms with van der Waals surface area (Å²) in [5.41, 5.74) is 4.66. The molecule has 0 saturated carbocycles. The Hall–Kier alpha value is 0.733. The van der Waals surface area contributed by atoms with E-state index in [-0.39, 0.29) is 23.8 Å². The summed E-state index contributed by atoms with van der Waals surface area (Å²) in [5.74, 6) is 0. The minimum absolute atomic E-state index is 0. The molecule has 0 rings (SSSR count). The van der Waals surface area contributed by atoms with Crippen molar-refractivity contribution in [3.63, 3.8) is 0 Å². The quantitative estimate of drug-likeness (QED) is 0.409. The van der Waals surface area contributed by atoms with Gasteiger partial charge in [0.05, 0.1) is 0 Å². The molecule has 0 aliphatic heterocycles. The van der Waals surface area contributed by atoms with Gasteiger partial charge in [-0.2, -0.15) is 0 Å². The first-order chi connectivity index (χ1) is 3.65. The van der Waals surface area contributed by atoms with Crippen LogP contribution in [0.4, 0.5) is 0 Å². The van der Waals surface area contributed by atoms with Crippen LogP contribution in [0.1, 0.15) is 26.7 Å². The van der Waals surface area contributed by atoms with Crippen molar-refractivity contribution in [2.75, 3.05) is 0 Å². The van der Waals surface area contributed by atoms with Gasteiger partial charge in [-0.3, -0.25) is 0 Å². The molecule has 1 nitrogen and oxygen atoms in total. The van der Waals surface area contributed by atoms with Crippen molar-refractivity contribution in [1.82, 2.24) is 0 Å². The molecule has 0 atom stereocenters. The van der Waals surface area contributed by atoms with Crippen LogP contribution >= 0.6 is 12.2 Å². The Morgan fingerprint density at radius 3 is 1.56 bits per heavy atom. The second kappa shape index (κ2) is 15.9. The molecule has 0 aromatic rings. The monoisotopic (exact) mass is 214 g/mol. The van der Waals surface area contributed by atoms with Crippen LogP contribution in [0.3, 0.4) is 0 Å². The van der Waals surface area contributed by atoms with Crippen molar-refractivity contribution in [2.24, 2.45) is 5.73 Å². The van der Waals surface area contributed by atoms with Gasteiger partial charge in [-0.05, 0) is 0 Å². The van der Waals surface area contributed by atoms with Gasteiger partial charge in [-0.15, -0.1) is 0 Å². The van der Waals surface area contributed by atoms with Gasteiger partial charge in [-0.1, -0.05) is 31.0 Å². The molecule has 0 fully saturated rings. The summed E-state index contributed by atoms with van der Waals surface area (Å²) in [6, 6.07) is 0. The Balaban J connectivity index is -0.0000000720. The molecule has 0 unspecified atom stereocenters. The summed E-state index contributed by atoms with van der Waals surface area (Å²) in [7, 11) is 0. The molecular weight excluding hydrogens is 204 g/mol. The first-order valence-corrected chi connectivity index (χ1v) is 3.43. The minimum Gasteiger partial charge on any atom is -0.415 e. The summed E-state index contributed by atoms with van der Waals surface area (Å²) in [4.78, 5) is 0. The van der Waals surface area contributed by atoms with Gasteiger partial charge in [0.1, 0.15) is 0 Å². The number of thiocarbonyl (C=S) groups is 1. The molecule has 0 amide bonds. The van der Waals surface area contributed by atoms with E-state index in [2.05, 4.69) is 44.4 Å².